The van der Waals surface area contributed by atoms with Gasteiger partial charge in [-0.05, 0) is 24.4 Å². The normalized spacial score (nSPS) is 30.9. The van der Waals surface area contributed by atoms with Gasteiger partial charge in [0.2, 0.25) is 11.9 Å². The van der Waals surface area contributed by atoms with Crippen molar-refractivity contribution in [3.05, 3.63) is 33.4 Å². The maximum atomic E-state index is 12.3. The first-order valence-electron chi connectivity index (χ1n) is 13.3. The highest BCUT2D eigenvalue weighted by atomic mass is 32.1. The Labute approximate surface area is 255 Å². The number of nitrogens with zero attached hydrogens (tertiary/aromatic N) is 6. The largest absolute Gasteiger partial charge is 0.386 e. The van der Waals surface area contributed by atoms with E-state index < -0.39 is 60.1 Å². The predicted molar refractivity (Wildman–Crippen MR) is 160 cm³/mol. The van der Waals surface area contributed by atoms with E-state index in [-0.39, 0.29) is 57.5 Å². The van der Waals surface area contributed by atoms with E-state index in [4.69, 9.17) is 45.4 Å². The van der Waals surface area contributed by atoms with Gasteiger partial charge in [0.25, 0.3) is 11.1 Å². The minimum Gasteiger partial charge on any atom is -0.386 e. The van der Waals surface area contributed by atoms with Crippen molar-refractivity contribution in [2.24, 2.45) is 0 Å². The Balaban J connectivity index is 1.13. The second-order valence-electron chi connectivity index (χ2n) is 10.4. The lowest BCUT2D eigenvalue weighted by Gasteiger charge is -2.28. The number of nitrogens with one attached hydrogen (secondary N) is 6. The Morgan fingerprint density at radius 1 is 0.773 bits per heavy atom. The third-order valence-electron chi connectivity index (χ3n) is 7.72. The zero-order chi connectivity index (χ0) is 30.9. The number of anilines is 2. The molecule has 22 heteroatoms. The highest BCUT2D eigenvalue weighted by molar-refractivity contribution is 7.80. The molecule has 0 unspecified atom stereocenters. The van der Waals surface area contributed by atoms with Crippen LogP contribution in [-0.2, 0) is 9.47 Å². The SMILES string of the molecule is Nc1nc2c(ncn2[C@@H]2O[C@@H]3CNC(=S)N[C@H]4[C@@H](O)[C@H](n5cnc6c(=O)[nH]c(N)nc65)O[C@@H]4CNC(=S)N[C@H]3[C@H]2O)c(=O)[nH]1. The maximum absolute atomic E-state index is 12.3. The van der Waals surface area contributed by atoms with Crippen molar-refractivity contribution in [3.63, 3.8) is 0 Å². The molecule has 0 amide bonds. The van der Waals surface area contributed by atoms with Crippen molar-refractivity contribution >= 4 is 68.9 Å². The minimum atomic E-state index is -1.18. The summed E-state index contributed by atoms with van der Waals surface area (Å²) in [5, 5.41) is 35.3. The molecule has 232 valence electrons. The van der Waals surface area contributed by atoms with E-state index in [2.05, 4.69) is 51.2 Å². The lowest BCUT2D eigenvalue weighted by Crippen LogP contribution is -2.58. The molecule has 0 saturated carbocycles. The van der Waals surface area contributed by atoms with Gasteiger partial charge >= 0.3 is 0 Å². The van der Waals surface area contributed by atoms with Gasteiger partial charge in [-0.3, -0.25) is 28.7 Å². The number of thiocarbonyl (C=S) groups is 2. The van der Waals surface area contributed by atoms with Crippen LogP contribution in [0.2, 0.25) is 0 Å². The average Bonchev–Trinajstić information content (AvgIpc) is 3.72. The summed E-state index contributed by atoms with van der Waals surface area (Å²) < 4.78 is 15.2. The maximum Gasteiger partial charge on any atom is 0.280 e. The number of nitrogens with two attached hydrogens (primary N) is 2. The number of hydrogen-bond donors (Lipinski definition) is 10. The van der Waals surface area contributed by atoms with Crippen LogP contribution >= 0.6 is 24.4 Å². The van der Waals surface area contributed by atoms with Gasteiger partial charge in [0, 0.05) is 13.1 Å². The van der Waals surface area contributed by atoms with Crippen LogP contribution in [-0.4, -0.2) is 109 Å². The molecule has 12 N–H and O–H groups in total. The fourth-order valence-corrected chi connectivity index (χ4v) is 6.14. The van der Waals surface area contributed by atoms with E-state index in [1.165, 1.54) is 21.8 Å². The van der Waals surface area contributed by atoms with Crippen LogP contribution in [0.4, 0.5) is 11.9 Å². The number of H-pyrrole nitrogens is 2. The molecule has 3 saturated heterocycles. The Morgan fingerprint density at radius 2 is 1.18 bits per heavy atom. The van der Waals surface area contributed by atoms with E-state index in [0.717, 1.165) is 0 Å². The Morgan fingerprint density at radius 3 is 1.59 bits per heavy atom. The minimum absolute atomic E-state index is 0.0349. The Hall–Kier alpha value is -4.48. The van der Waals surface area contributed by atoms with Crippen LogP contribution in [0.15, 0.2) is 22.2 Å². The highest BCUT2D eigenvalue weighted by Crippen LogP contribution is 2.33. The molecule has 7 rings (SSSR count). The molecule has 44 heavy (non-hydrogen) atoms. The molecule has 20 nitrogen and oxygen atoms in total. The zero-order valence-corrected chi connectivity index (χ0v) is 24.0. The summed E-state index contributed by atoms with van der Waals surface area (Å²) in [4.78, 5) is 45.8. The average molecular weight is 647 g/mol. The Kier molecular flexibility index (Phi) is 6.82. The molecule has 7 heterocycles. The predicted octanol–water partition coefficient (Wildman–Crippen LogP) is -4.39. The third kappa shape index (κ3) is 4.67. The van der Waals surface area contributed by atoms with E-state index >= 15 is 0 Å². The second-order valence-corrected chi connectivity index (χ2v) is 11.2. The lowest BCUT2D eigenvalue weighted by atomic mass is 10.1. The second kappa shape index (κ2) is 10.6. The molecule has 3 aliphatic rings. The molecule has 8 atom stereocenters. The summed E-state index contributed by atoms with van der Waals surface area (Å²) in [5.74, 6) is -0.227. The van der Waals surface area contributed by atoms with Crippen LogP contribution in [0.1, 0.15) is 12.5 Å². The van der Waals surface area contributed by atoms with Crippen molar-refractivity contribution in [1.29, 1.82) is 0 Å². The first-order valence-corrected chi connectivity index (χ1v) is 14.1. The topological polar surface area (TPSA) is 286 Å². The number of hydrogen-bond acceptors (Lipinski definition) is 14. The molecular formula is C22H26N14O6S2. The molecular weight excluding hydrogens is 620 g/mol. The number of imidazole rings is 2. The van der Waals surface area contributed by atoms with E-state index in [0.29, 0.717) is 0 Å². The third-order valence-corrected chi connectivity index (χ3v) is 8.25. The number of nitrogen functional groups attached to an aromatic ring is 2. The number of ether oxygens (including phenoxy) is 2. The summed E-state index contributed by atoms with van der Waals surface area (Å²) in [7, 11) is 0. The van der Waals surface area contributed by atoms with Gasteiger partial charge in [-0.15, -0.1) is 0 Å². The molecule has 4 aromatic heterocycles. The first kappa shape index (κ1) is 28.3. The van der Waals surface area contributed by atoms with Gasteiger partial charge in [-0.2, -0.15) is 9.97 Å². The van der Waals surface area contributed by atoms with Crippen LogP contribution < -0.4 is 43.9 Å². The smallest absolute Gasteiger partial charge is 0.280 e. The van der Waals surface area contributed by atoms with Gasteiger partial charge in [-0.1, -0.05) is 0 Å². The van der Waals surface area contributed by atoms with Crippen molar-refractivity contribution in [3.8, 4) is 0 Å². The fourth-order valence-electron chi connectivity index (χ4n) is 5.70. The number of aliphatic hydroxyl groups excluding tert-OH is 2. The molecule has 3 fully saturated rings. The molecule has 0 radical (unpaired) electrons. The summed E-state index contributed by atoms with van der Waals surface area (Å²) in [6, 6.07) is -1.48. The van der Waals surface area contributed by atoms with E-state index in [9.17, 15) is 19.8 Å². The molecule has 0 bridgehead atoms. The molecule has 0 aromatic carbocycles. The number of aliphatic hydroxyl groups is 2. The number of aromatic nitrogens is 8. The van der Waals surface area contributed by atoms with Crippen molar-refractivity contribution in [2.75, 3.05) is 24.6 Å². The lowest BCUT2D eigenvalue weighted by molar-refractivity contribution is -0.0332. The Bertz CT molecular complexity index is 1770. The standard InChI is InChI=1S/C22H26N14O6S2/c23-19-31-13-9(15(39)33-19)27-3-35(13)17-11(37)7-5(41-17)1-25-21(43)30-8-6(2-26-22(44)29-7)42-18(12(8)38)36-4-28-10-14(36)32-20(24)34-16(10)40/h3-8,11-12,17-18,37-38H,1-2H2,(H2,25,30,43)(H2,26,29,44)(H3,23,31,33,39)(H3,24,32,34,40)/t5-,6-,7-,8-,11-,12-,17-,18-/m1/s1. The molecule has 0 aliphatic carbocycles. The summed E-state index contributed by atoms with van der Waals surface area (Å²) in [6.45, 7) is 0.219. The fraction of sp³-hybridized carbons (Fsp3) is 0.455. The van der Waals surface area contributed by atoms with Crippen LogP contribution in [0.25, 0.3) is 22.3 Å². The number of aromatic amines is 2. The van der Waals surface area contributed by atoms with Gasteiger partial charge in [-0.25, -0.2) is 9.97 Å². The van der Waals surface area contributed by atoms with Gasteiger partial charge in [0.05, 0.1) is 24.7 Å². The first-order chi connectivity index (χ1) is 21.1. The van der Waals surface area contributed by atoms with Crippen LogP contribution in [0.5, 0.6) is 0 Å². The molecule has 0 spiro atoms. The highest BCUT2D eigenvalue weighted by Gasteiger charge is 2.48. The molecule has 4 aromatic rings. The van der Waals surface area contributed by atoms with Crippen molar-refractivity contribution in [1.82, 2.24) is 60.3 Å². The van der Waals surface area contributed by atoms with Crippen LogP contribution in [0, 0.1) is 0 Å². The van der Waals surface area contributed by atoms with Gasteiger partial charge in [0.15, 0.2) is 45.0 Å². The number of fused-ring (bicyclic) bond motifs is 4. The monoisotopic (exact) mass is 646 g/mol. The van der Waals surface area contributed by atoms with E-state index in [1.807, 2.05) is 0 Å². The molecule has 3 aliphatic heterocycles. The van der Waals surface area contributed by atoms with Crippen LogP contribution in [0.3, 0.4) is 0 Å². The quantitative estimate of drug-likeness (QED) is 0.0920. The van der Waals surface area contributed by atoms with Crippen molar-refractivity contribution in [2.45, 2.75) is 49.0 Å². The summed E-state index contributed by atoms with van der Waals surface area (Å²) in [6.07, 6.45) is -3.06. The summed E-state index contributed by atoms with van der Waals surface area (Å²) in [5.41, 5.74) is 10.7. The van der Waals surface area contributed by atoms with Gasteiger partial charge < -0.3 is 52.4 Å². The summed E-state index contributed by atoms with van der Waals surface area (Å²) >= 11 is 11.1. The van der Waals surface area contributed by atoms with Gasteiger partial charge in [0.1, 0.15) is 24.4 Å². The van der Waals surface area contributed by atoms with Crippen molar-refractivity contribution < 1.29 is 19.7 Å². The number of rotatable bonds is 2. The van der Waals surface area contributed by atoms with E-state index in [1.54, 1.807) is 0 Å². The zero-order valence-electron chi connectivity index (χ0n) is 22.4.